The number of rotatable bonds is 1. The smallest absolute Gasteiger partial charge is 0.148 e. The molecule has 3 heterocycles. The van der Waals surface area contributed by atoms with Gasteiger partial charge in [0.2, 0.25) is 0 Å². The van der Waals surface area contributed by atoms with Crippen LogP contribution in [0.1, 0.15) is 11.3 Å². The summed E-state index contributed by atoms with van der Waals surface area (Å²) in [5.41, 5.74) is 10.6. The van der Waals surface area contributed by atoms with Gasteiger partial charge in [-0.05, 0) is 55.1 Å². The van der Waals surface area contributed by atoms with Crippen molar-refractivity contribution in [2.75, 3.05) is 5.73 Å². The Balaban J connectivity index is 2.11. The van der Waals surface area contributed by atoms with Crippen molar-refractivity contribution in [2.24, 2.45) is 0 Å². The predicted molar refractivity (Wildman–Crippen MR) is 89.9 cm³/mol. The molecule has 0 spiro atoms. The van der Waals surface area contributed by atoms with Crippen LogP contribution in [0.3, 0.4) is 0 Å². The van der Waals surface area contributed by atoms with E-state index >= 15 is 0 Å². The standard InChI is InChI=1S/C17H14FN3S/c1-9-7-11(18)3-4-12(9)15-16(19)21-10(2)8-14-13(5-6-22-14)17(21)20-15/h3-8H,19H2,1-2H3. The minimum atomic E-state index is -0.250. The van der Waals surface area contributed by atoms with Gasteiger partial charge in [0.15, 0.2) is 0 Å². The average Bonchev–Trinajstić information content (AvgIpc) is 3.04. The van der Waals surface area contributed by atoms with Crippen molar-refractivity contribution >= 4 is 32.9 Å². The molecule has 3 nitrogen and oxygen atoms in total. The Morgan fingerprint density at radius 3 is 2.77 bits per heavy atom. The molecule has 0 atom stereocenters. The molecule has 0 bridgehead atoms. The van der Waals surface area contributed by atoms with Crippen molar-refractivity contribution in [1.29, 1.82) is 0 Å². The minimum Gasteiger partial charge on any atom is -0.383 e. The van der Waals surface area contributed by atoms with Gasteiger partial charge >= 0.3 is 0 Å². The quantitative estimate of drug-likeness (QED) is 0.560. The fourth-order valence-corrected chi connectivity index (χ4v) is 3.81. The number of benzene rings is 1. The predicted octanol–water partition coefficient (Wildman–Crippen LogP) is 4.55. The monoisotopic (exact) mass is 311 g/mol. The largest absolute Gasteiger partial charge is 0.383 e. The van der Waals surface area contributed by atoms with Crippen LogP contribution >= 0.6 is 11.3 Å². The number of anilines is 1. The average molecular weight is 311 g/mol. The molecule has 4 aromatic rings. The zero-order chi connectivity index (χ0) is 15.4. The van der Waals surface area contributed by atoms with Gasteiger partial charge in [-0.25, -0.2) is 9.37 Å². The molecule has 0 fully saturated rings. The molecule has 22 heavy (non-hydrogen) atoms. The lowest BCUT2D eigenvalue weighted by molar-refractivity contribution is 0.627. The highest BCUT2D eigenvalue weighted by atomic mass is 32.1. The summed E-state index contributed by atoms with van der Waals surface area (Å²) in [5.74, 6) is 0.343. The highest BCUT2D eigenvalue weighted by Gasteiger charge is 2.17. The van der Waals surface area contributed by atoms with E-state index in [1.165, 1.54) is 16.8 Å². The second kappa shape index (κ2) is 4.55. The van der Waals surface area contributed by atoms with Gasteiger partial charge in [-0.3, -0.25) is 4.40 Å². The number of pyridine rings is 1. The van der Waals surface area contributed by atoms with Gasteiger partial charge < -0.3 is 5.73 Å². The molecule has 5 heteroatoms. The lowest BCUT2D eigenvalue weighted by Crippen LogP contribution is -1.98. The second-order valence-corrected chi connectivity index (χ2v) is 6.40. The van der Waals surface area contributed by atoms with Crippen molar-refractivity contribution in [1.82, 2.24) is 9.38 Å². The maximum Gasteiger partial charge on any atom is 0.148 e. The van der Waals surface area contributed by atoms with Crippen molar-refractivity contribution in [3.8, 4) is 11.3 Å². The molecule has 0 unspecified atom stereocenters. The minimum absolute atomic E-state index is 0.250. The van der Waals surface area contributed by atoms with Crippen LogP contribution in [0.4, 0.5) is 10.2 Å². The van der Waals surface area contributed by atoms with Crippen molar-refractivity contribution in [3.63, 3.8) is 0 Å². The molecule has 0 aliphatic heterocycles. The first kappa shape index (κ1) is 13.3. The molecule has 0 saturated heterocycles. The highest BCUT2D eigenvalue weighted by molar-refractivity contribution is 7.17. The molecule has 2 N–H and O–H groups in total. The maximum absolute atomic E-state index is 13.3. The summed E-state index contributed by atoms with van der Waals surface area (Å²) in [4.78, 5) is 4.76. The molecule has 0 radical (unpaired) electrons. The van der Waals surface area contributed by atoms with Gasteiger partial charge in [0.05, 0.1) is 0 Å². The third-order valence-electron chi connectivity index (χ3n) is 3.99. The summed E-state index contributed by atoms with van der Waals surface area (Å²) in [7, 11) is 0. The van der Waals surface area contributed by atoms with Gasteiger partial charge in [-0.15, -0.1) is 11.3 Å². The number of thiophene rings is 1. The number of hydrogen-bond acceptors (Lipinski definition) is 3. The van der Waals surface area contributed by atoms with Gasteiger partial charge in [0, 0.05) is 21.3 Å². The first-order valence-electron chi connectivity index (χ1n) is 6.97. The molecule has 3 aromatic heterocycles. The van der Waals surface area contributed by atoms with Crippen LogP contribution in [-0.2, 0) is 0 Å². The fraction of sp³-hybridized carbons (Fsp3) is 0.118. The van der Waals surface area contributed by atoms with Crippen molar-refractivity contribution < 1.29 is 4.39 Å². The Labute approximate surface area is 130 Å². The van der Waals surface area contributed by atoms with Gasteiger partial charge in [-0.1, -0.05) is 0 Å². The zero-order valence-electron chi connectivity index (χ0n) is 12.2. The normalized spacial score (nSPS) is 11.6. The number of aromatic nitrogens is 2. The Morgan fingerprint density at radius 1 is 1.18 bits per heavy atom. The number of hydrogen-bond donors (Lipinski definition) is 1. The summed E-state index contributed by atoms with van der Waals surface area (Å²) in [5, 5.41) is 3.14. The Hall–Kier alpha value is -2.40. The van der Waals surface area contributed by atoms with Crippen LogP contribution in [0.15, 0.2) is 35.7 Å². The lowest BCUT2D eigenvalue weighted by Gasteiger charge is -2.05. The Kier molecular flexibility index (Phi) is 2.74. The molecular formula is C17H14FN3S. The number of aryl methyl sites for hydroxylation is 2. The Bertz CT molecular complexity index is 1030. The topological polar surface area (TPSA) is 43.3 Å². The van der Waals surface area contributed by atoms with E-state index in [-0.39, 0.29) is 5.82 Å². The van der Waals surface area contributed by atoms with Crippen molar-refractivity contribution in [3.05, 3.63) is 52.8 Å². The molecule has 0 saturated carbocycles. The van der Waals surface area contributed by atoms with Crippen LogP contribution in [0.25, 0.3) is 27.0 Å². The lowest BCUT2D eigenvalue weighted by atomic mass is 10.1. The van der Waals surface area contributed by atoms with Crippen LogP contribution in [0.2, 0.25) is 0 Å². The molecule has 0 aliphatic rings. The number of fused-ring (bicyclic) bond motifs is 3. The van der Waals surface area contributed by atoms with E-state index in [4.69, 9.17) is 10.7 Å². The molecule has 1 aromatic carbocycles. The van der Waals surface area contributed by atoms with Gasteiger partial charge in [0.1, 0.15) is 23.0 Å². The van der Waals surface area contributed by atoms with E-state index in [1.807, 2.05) is 18.2 Å². The van der Waals surface area contributed by atoms with Crippen molar-refractivity contribution in [2.45, 2.75) is 13.8 Å². The summed E-state index contributed by atoms with van der Waals surface area (Å²) in [6.45, 7) is 3.89. The maximum atomic E-state index is 13.3. The fourth-order valence-electron chi connectivity index (χ4n) is 2.93. The first-order chi connectivity index (χ1) is 10.6. The third-order valence-corrected chi connectivity index (χ3v) is 4.85. The number of imidazole rings is 1. The summed E-state index contributed by atoms with van der Waals surface area (Å²) < 4.78 is 16.5. The first-order valence-corrected chi connectivity index (χ1v) is 7.85. The highest BCUT2D eigenvalue weighted by Crippen LogP contribution is 2.34. The number of nitrogen functional groups attached to an aromatic ring is 1. The van der Waals surface area contributed by atoms with Gasteiger partial charge in [0.25, 0.3) is 0 Å². The second-order valence-electron chi connectivity index (χ2n) is 5.45. The summed E-state index contributed by atoms with van der Waals surface area (Å²) in [6, 6.07) is 8.86. The van der Waals surface area contributed by atoms with Crippen LogP contribution in [-0.4, -0.2) is 9.38 Å². The summed E-state index contributed by atoms with van der Waals surface area (Å²) in [6.07, 6.45) is 0. The van der Waals surface area contributed by atoms with E-state index in [0.717, 1.165) is 27.9 Å². The third kappa shape index (κ3) is 1.75. The van der Waals surface area contributed by atoms with Crippen LogP contribution in [0, 0.1) is 19.7 Å². The van der Waals surface area contributed by atoms with Crippen LogP contribution < -0.4 is 5.73 Å². The van der Waals surface area contributed by atoms with E-state index in [1.54, 1.807) is 17.4 Å². The van der Waals surface area contributed by atoms with E-state index < -0.39 is 0 Å². The molecule has 0 amide bonds. The molecule has 4 rings (SSSR count). The van der Waals surface area contributed by atoms with E-state index in [0.29, 0.717) is 11.5 Å². The van der Waals surface area contributed by atoms with Gasteiger partial charge in [-0.2, -0.15) is 0 Å². The zero-order valence-corrected chi connectivity index (χ0v) is 13.0. The molecular weight excluding hydrogens is 297 g/mol. The summed E-state index contributed by atoms with van der Waals surface area (Å²) >= 11 is 1.69. The van der Waals surface area contributed by atoms with Crippen LogP contribution in [0.5, 0.6) is 0 Å². The number of nitrogens with zero attached hydrogens (tertiary/aromatic N) is 2. The number of nitrogens with two attached hydrogens (primary N) is 1. The SMILES string of the molecule is Cc1cc(F)ccc1-c1nc2c3ccsc3cc(C)n2c1N. The van der Waals surface area contributed by atoms with E-state index in [2.05, 4.69) is 17.5 Å². The molecule has 110 valence electrons. The van der Waals surface area contributed by atoms with E-state index in [9.17, 15) is 4.39 Å². The molecule has 0 aliphatic carbocycles. The number of halogens is 1. The Morgan fingerprint density at radius 2 is 2.00 bits per heavy atom.